The van der Waals surface area contributed by atoms with Crippen LogP contribution in [0.4, 0.5) is 18.9 Å². The first kappa shape index (κ1) is 30.2. The summed E-state index contributed by atoms with van der Waals surface area (Å²) in [5.74, 6) is -0.445. The van der Waals surface area contributed by atoms with E-state index in [1.54, 1.807) is 4.68 Å². The number of alkyl halides is 3. The normalized spacial score (nSPS) is 22.6. The van der Waals surface area contributed by atoms with E-state index in [4.69, 9.17) is 5.10 Å². The Morgan fingerprint density at radius 1 is 1.00 bits per heavy atom. The fourth-order valence-corrected chi connectivity index (χ4v) is 7.63. The Balaban J connectivity index is 1.34. The summed E-state index contributed by atoms with van der Waals surface area (Å²) in [4.78, 5) is 15.6. The van der Waals surface area contributed by atoms with Crippen LogP contribution in [0, 0.1) is 22.7 Å². The third-order valence-electron chi connectivity index (χ3n) is 9.10. The lowest BCUT2D eigenvalue weighted by atomic mass is 9.72. The highest BCUT2D eigenvalue weighted by molar-refractivity contribution is 7.91. The van der Waals surface area contributed by atoms with Crippen LogP contribution in [-0.4, -0.2) is 54.9 Å². The number of carbonyl (C=O) groups excluding carboxylic acids is 1. The van der Waals surface area contributed by atoms with Crippen LogP contribution in [0.1, 0.15) is 56.6 Å². The largest absolute Gasteiger partial charge is 0.573 e. The predicted octanol–water partition coefficient (Wildman–Crippen LogP) is 6.21. The van der Waals surface area contributed by atoms with Gasteiger partial charge in [-0.25, -0.2) is 13.1 Å². The molecule has 3 aromatic rings. The van der Waals surface area contributed by atoms with Crippen molar-refractivity contribution < 1.29 is 31.1 Å². The number of hydrogen-bond donors (Lipinski definition) is 0. The molecule has 2 aromatic carbocycles. The van der Waals surface area contributed by atoms with Crippen molar-refractivity contribution in [3.05, 3.63) is 60.4 Å². The number of ether oxygens (including phenoxy) is 1. The monoisotopic (exact) mass is 626 g/mol. The maximum Gasteiger partial charge on any atom is 0.573 e. The van der Waals surface area contributed by atoms with Crippen LogP contribution < -0.4 is 9.64 Å². The Morgan fingerprint density at radius 2 is 1.64 bits per heavy atom. The zero-order valence-corrected chi connectivity index (χ0v) is 24.9. The van der Waals surface area contributed by atoms with Gasteiger partial charge in [-0.3, -0.25) is 4.79 Å². The molecule has 0 N–H and O–H groups in total. The molecule has 0 radical (unpaired) electrons. The number of nitriles is 1. The molecule has 0 amide bonds. The van der Waals surface area contributed by atoms with Gasteiger partial charge in [0.1, 0.15) is 11.5 Å². The van der Waals surface area contributed by atoms with Crippen LogP contribution in [-0.2, 0) is 14.6 Å². The number of nitrogens with zero attached hydrogens (tertiary/aromatic N) is 4. The van der Waals surface area contributed by atoms with Crippen molar-refractivity contribution in [3.63, 3.8) is 0 Å². The van der Waals surface area contributed by atoms with Crippen molar-refractivity contribution in [2.75, 3.05) is 29.5 Å². The number of hydrogen-bond acceptors (Lipinski definition) is 7. The van der Waals surface area contributed by atoms with Crippen LogP contribution in [0.2, 0.25) is 0 Å². The van der Waals surface area contributed by atoms with Gasteiger partial charge >= 0.3 is 6.36 Å². The van der Waals surface area contributed by atoms with Crippen molar-refractivity contribution in [2.45, 2.75) is 57.2 Å². The zero-order chi connectivity index (χ0) is 31.1. The minimum absolute atomic E-state index is 0.0956. The molecule has 0 spiro atoms. The van der Waals surface area contributed by atoms with Crippen LogP contribution >= 0.6 is 0 Å². The smallest absolute Gasteiger partial charge is 0.406 e. The van der Waals surface area contributed by atoms with Crippen LogP contribution in [0.3, 0.4) is 0 Å². The fourth-order valence-electron chi connectivity index (χ4n) is 6.43. The topological polar surface area (TPSA) is 105 Å². The lowest BCUT2D eigenvalue weighted by molar-refractivity contribution is -0.274. The molecule has 1 aliphatic heterocycles. The van der Waals surface area contributed by atoms with Gasteiger partial charge in [-0.15, -0.1) is 13.2 Å². The van der Waals surface area contributed by atoms with Crippen LogP contribution in [0.15, 0.2) is 54.7 Å². The number of aromatic nitrogens is 2. The summed E-state index contributed by atoms with van der Waals surface area (Å²) in [6, 6.07) is 15.6. The molecule has 8 nitrogen and oxygen atoms in total. The van der Waals surface area contributed by atoms with E-state index in [-0.39, 0.29) is 41.3 Å². The molecule has 0 unspecified atom stereocenters. The number of Topliss-reactive ketones (excluding diaryl/α,β-unsaturated/α-hetero) is 1. The van der Waals surface area contributed by atoms with Gasteiger partial charge in [0.05, 0.1) is 34.4 Å². The zero-order valence-electron chi connectivity index (χ0n) is 24.1. The second-order valence-electron chi connectivity index (χ2n) is 12.1. The molecule has 6 rings (SSSR count). The van der Waals surface area contributed by atoms with Crippen molar-refractivity contribution in [1.29, 1.82) is 5.26 Å². The van der Waals surface area contributed by atoms with Crippen molar-refractivity contribution >= 4 is 21.3 Å². The molecule has 3 fully saturated rings. The van der Waals surface area contributed by atoms with Gasteiger partial charge in [0.2, 0.25) is 0 Å². The third-order valence-corrected chi connectivity index (χ3v) is 10.7. The van der Waals surface area contributed by atoms with Crippen LogP contribution in [0.25, 0.3) is 16.8 Å². The molecule has 232 valence electrons. The quantitative estimate of drug-likeness (QED) is 0.293. The van der Waals surface area contributed by atoms with E-state index in [1.165, 1.54) is 24.3 Å². The van der Waals surface area contributed by atoms with Gasteiger partial charge in [0.25, 0.3) is 0 Å². The maximum atomic E-state index is 13.6. The Morgan fingerprint density at radius 3 is 2.25 bits per heavy atom. The van der Waals surface area contributed by atoms with Gasteiger partial charge in [0.15, 0.2) is 9.84 Å². The standard InChI is InChI=1S/C32H33F3N4O4S/c33-32(34,35)43-25-11-9-24(10-12-25)39-20-28(22-5-7-23(8-6-22)38-15-17-44(41,42)18-16-38)30(37-39)27-4-2-1-3-26(27)29(40)19-31(21-36)13-14-31/h5-12,20,26-27H,1-4,13-19H2/t26-,27-/m1/s1. The van der Waals surface area contributed by atoms with E-state index < -0.39 is 21.6 Å². The fraction of sp³-hybridized carbons (Fsp3) is 0.469. The van der Waals surface area contributed by atoms with Gasteiger partial charge < -0.3 is 9.64 Å². The second-order valence-corrected chi connectivity index (χ2v) is 14.4. The third kappa shape index (κ3) is 6.62. The number of rotatable bonds is 8. The number of ketones is 1. The first-order valence-electron chi connectivity index (χ1n) is 14.9. The first-order chi connectivity index (χ1) is 20.9. The Bertz CT molecular complexity index is 1660. The summed E-state index contributed by atoms with van der Waals surface area (Å²) in [5.41, 5.74) is 3.35. The summed E-state index contributed by atoms with van der Waals surface area (Å²) in [5, 5.41) is 14.5. The lowest BCUT2D eigenvalue weighted by Gasteiger charge is -2.31. The van der Waals surface area contributed by atoms with E-state index in [0.29, 0.717) is 18.8 Å². The van der Waals surface area contributed by atoms with Crippen LogP contribution in [0.5, 0.6) is 5.75 Å². The molecular formula is C32H33F3N4O4S. The van der Waals surface area contributed by atoms with E-state index in [0.717, 1.165) is 61.0 Å². The first-order valence-corrected chi connectivity index (χ1v) is 16.7. The minimum atomic E-state index is -4.80. The van der Waals surface area contributed by atoms with E-state index >= 15 is 0 Å². The predicted molar refractivity (Wildman–Crippen MR) is 158 cm³/mol. The summed E-state index contributed by atoms with van der Waals surface area (Å²) < 4.78 is 67.6. The molecule has 0 bridgehead atoms. The molecule has 2 atom stereocenters. The second kappa shape index (κ2) is 11.6. The Hall–Kier alpha value is -3.85. The van der Waals surface area contributed by atoms with E-state index in [9.17, 15) is 31.6 Å². The number of benzene rings is 2. The summed E-state index contributed by atoms with van der Waals surface area (Å²) in [6.07, 6.45) is 2.12. The van der Waals surface area contributed by atoms with Gasteiger partial charge in [0, 0.05) is 48.8 Å². The number of sulfone groups is 1. The van der Waals surface area contributed by atoms with Gasteiger partial charge in [-0.1, -0.05) is 25.0 Å². The highest BCUT2D eigenvalue weighted by atomic mass is 32.2. The lowest BCUT2D eigenvalue weighted by Crippen LogP contribution is -2.40. The van der Waals surface area contributed by atoms with E-state index in [2.05, 4.69) is 10.8 Å². The molecule has 3 aliphatic rings. The van der Waals surface area contributed by atoms with Gasteiger partial charge in [-0.2, -0.15) is 10.4 Å². The Labute approximate surface area is 254 Å². The molecule has 2 heterocycles. The molecule has 2 aliphatic carbocycles. The highest BCUT2D eigenvalue weighted by Crippen LogP contribution is 2.51. The molecule has 12 heteroatoms. The molecular weight excluding hydrogens is 593 g/mol. The Kier molecular flexibility index (Phi) is 7.94. The van der Waals surface area contributed by atoms with Gasteiger partial charge in [-0.05, 0) is 67.6 Å². The molecule has 1 saturated heterocycles. The summed E-state index contributed by atoms with van der Waals surface area (Å²) in [6.45, 7) is 0.851. The van der Waals surface area contributed by atoms with Crippen molar-refractivity contribution in [2.24, 2.45) is 11.3 Å². The van der Waals surface area contributed by atoms with Crippen molar-refractivity contribution in [1.82, 2.24) is 9.78 Å². The molecule has 1 aromatic heterocycles. The van der Waals surface area contributed by atoms with E-state index in [1.807, 2.05) is 35.4 Å². The number of carbonyl (C=O) groups is 1. The maximum absolute atomic E-state index is 13.6. The number of anilines is 1. The average Bonchev–Trinajstić information content (AvgIpc) is 3.63. The number of halogens is 3. The SMILES string of the molecule is N#CC1(CC(=O)[C@@H]2CCCC[C@H]2c2nn(-c3ccc(OC(F)(F)F)cc3)cc2-c2ccc(N3CCS(=O)(=O)CC3)cc2)CC1. The minimum Gasteiger partial charge on any atom is -0.406 e. The highest BCUT2D eigenvalue weighted by Gasteiger charge is 2.47. The average molecular weight is 627 g/mol. The molecule has 2 saturated carbocycles. The van der Waals surface area contributed by atoms with Crippen molar-refractivity contribution in [3.8, 4) is 28.6 Å². The summed E-state index contributed by atoms with van der Waals surface area (Å²) in [7, 11) is -3.01. The molecule has 44 heavy (non-hydrogen) atoms. The summed E-state index contributed by atoms with van der Waals surface area (Å²) >= 11 is 0.